The Labute approximate surface area is 108 Å². The molecule has 0 aliphatic rings. The smallest absolute Gasteiger partial charge is 0.206 e. The van der Waals surface area contributed by atoms with Crippen molar-refractivity contribution in [2.45, 2.75) is 0 Å². The molecule has 0 saturated carbocycles. The molecule has 0 radical (unpaired) electrons. The first-order valence-corrected chi connectivity index (χ1v) is 5.73. The number of nitrogens with two attached hydrogens (primary N) is 1. The Morgan fingerprint density at radius 3 is 2.72 bits per heavy atom. The fourth-order valence-corrected chi connectivity index (χ4v) is 2.12. The molecule has 2 N–H and O–H groups in total. The van der Waals surface area contributed by atoms with Crippen LogP contribution in [0, 0.1) is 5.82 Å². The lowest BCUT2D eigenvalue weighted by Crippen LogP contribution is -2.02. The summed E-state index contributed by atoms with van der Waals surface area (Å²) in [6.07, 6.45) is 0. The Bertz CT molecular complexity index is 736. The number of aromatic nitrogens is 2. The number of nitrogen functional groups attached to an aromatic ring is 1. The van der Waals surface area contributed by atoms with Crippen LogP contribution in [0.1, 0.15) is 0 Å². The van der Waals surface area contributed by atoms with E-state index >= 15 is 0 Å². The lowest BCUT2D eigenvalue weighted by atomic mass is 10.2. The minimum Gasteiger partial charge on any atom is -0.369 e. The van der Waals surface area contributed by atoms with E-state index in [9.17, 15) is 4.39 Å². The summed E-state index contributed by atoms with van der Waals surface area (Å²) in [4.78, 5) is 4.18. The van der Waals surface area contributed by atoms with E-state index in [4.69, 9.17) is 17.3 Å². The number of benzene rings is 2. The van der Waals surface area contributed by atoms with Crippen LogP contribution in [0.5, 0.6) is 0 Å². The number of halogens is 2. The Kier molecular flexibility index (Phi) is 2.45. The Balaban J connectivity index is 2.36. The minimum absolute atomic E-state index is 0.234. The minimum atomic E-state index is -0.349. The molecule has 5 heteroatoms. The van der Waals surface area contributed by atoms with Crippen LogP contribution in [-0.4, -0.2) is 9.55 Å². The number of nitrogens with zero attached hydrogens (tertiary/aromatic N) is 2. The predicted octanol–water partition coefficient (Wildman–Crippen LogP) is 3.40. The Hall–Kier alpha value is -2.07. The zero-order valence-corrected chi connectivity index (χ0v) is 10.0. The maximum Gasteiger partial charge on any atom is 0.206 e. The van der Waals surface area contributed by atoms with Crippen molar-refractivity contribution in [1.82, 2.24) is 9.55 Å². The fraction of sp³-hybridized carbons (Fsp3) is 0. The average Bonchev–Trinajstić information content (AvgIpc) is 2.65. The quantitative estimate of drug-likeness (QED) is 0.730. The van der Waals surface area contributed by atoms with Crippen LogP contribution in [0.15, 0.2) is 42.5 Å². The molecule has 0 atom stereocenters. The predicted molar refractivity (Wildman–Crippen MR) is 70.5 cm³/mol. The van der Waals surface area contributed by atoms with Gasteiger partial charge in [-0.2, -0.15) is 0 Å². The lowest BCUT2D eigenvalue weighted by molar-refractivity contribution is 0.620. The molecule has 18 heavy (non-hydrogen) atoms. The van der Waals surface area contributed by atoms with Gasteiger partial charge in [-0.25, -0.2) is 9.37 Å². The van der Waals surface area contributed by atoms with Gasteiger partial charge in [-0.3, -0.25) is 4.57 Å². The molecular weight excluding hydrogens is 253 g/mol. The van der Waals surface area contributed by atoms with E-state index in [0.717, 1.165) is 5.52 Å². The van der Waals surface area contributed by atoms with E-state index in [2.05, 4.69) is 4.98 Å². The summed E-state index contributed by atoms with van der Waals surface area (Å²) in [5.74, 6) is -0.115. The van der Waals surface area contributed by atoms with Gasteiger partial charge in [0.2, 0.25) is 5.95 Å². The van der Waals surface area contributed by atoms with Gasteiger partial charge >= 0.3 is 0 Å². The maximum atomic E-state index is 13.8. The van der Waals surface area contributed by atoms with Crippen LogP contribution in [0.3, 0.4) is 0 Å². The molecule has 1 heterocycles. The molecule has 0 aliphatic carbocycles. The lowest BCUT2D eigenvalue weighted by Gasteiger charge is -2.07. The van der Waals surface area contributed by atoms with Crippen LogP contribution in [0.4, 0.5) is 10.3 Å². The van der Waals surface area contributed by atoms with Gasteiger partial charge in [-0.1, -0.05) is 23.7 Å². The summed E-state index contributed by atoms with van der Waals surface area (Å²) in [7, 11) is 0. The number of imidazole rings is 1. The summed E-state index contributed by atoms with van der Waals surface area (Å²) < 4.78 is 15.4. The number of hydrogen-bond donors (Lipinski definition) is 1. The van der Waals surface area contributed by atoms with Gasteiger partial charge in [0.1, 0.15) is 5.82 Å². The molecule has 0 amide bonds. The van der Waals surface area contributed by atoms with Crippen molar-refractivity contribution in [2.75, 3.05) is 5.73 Å². The SMILES string of the molecule is Nc1nc2cc(Cl)ccc2n1-c1ccccc1F. The van der Waals surface area contributed by atoms with E-state index in [1.807, 2.05) is 0 Å². The normalized spacial score (nSPS) is 11.0. The molecule has 90 valence electrons. The molecule has 1 aromatic heterocycles. The molecule has 2 aromatic carbocycles. The van der Waals surface area contributed by atoms with E-state index in [-0.39, 0.29) is 11.8 Å². The first-order valence-electron chi connectivity index (χ1n) is 5.35. The largest absolute Gasteiger partial charge is 0.369 e. The topological polar surface area (TPSA) is 43.8 Å². The third-order valence-corrected chi connectivity index (χ3v) is 2.97. The average molecular weight is 262 g/mol. The summed E-state index contributed by atoms with van der Waals surface area (Å²) in [5.41, 5.74) is 7.59. The highest BCUT2D eigenvalue weighted by atomic mass is 35.5. The molecule has 3 rings (SSSR count). The summed E-state index contributed by atoms with van der Waals surface area (Å²) >= 11 is 5.89. The van der Waals surface area contributed by atoms with Gasteiger partial charge in [-0.05, 0) is 30.3 Å². The highest BCUT2D eigenvalue weighted by Crippen LogP contribution is 2.26. The van der Waals surface area contributed by atoms with E-state index in [1.54, 1.807) is 41.0 Å². The number of para-hydroxylation sites is 1. The van der Waals surface area contributed by atoms with Gasteiger partial charge in [0.25, 0.3) is 0 Å². The summed E-state index contributed by atoms with van der Waals surface area (Å²) in [6, 6.07) is 11.6. The second kappa shape index (κ2) is 3.99. The summed E-state index contributed by atoms with van der Waals surface area (Å²) in [5, 5.41) is 0.570. The van der Waals surface area contributed by atoms with E-state index < -0.39 is 0 Å². The number of anilines is 1. The molecule has 0 aliphatic heterocycles. The molecule has 0 bridgehead atoms. The van der Waals surface area contributed by atoms with Gasteiger partial charge in [0.05, 0.1) is 16.7 Å². The van der Waals surface area contributed by atoms with Crippen LogP contribution in [-0.2, 0) is 0 Å². The van der Waals surface area contributed by atoms with Crippen molar-refractivity contribution in [3.8, 4) is 5.69 Å². The second-order valence-electron chi connectivity index (χ2n) is 3.89. The molecular formula is C13H9ClFN3. The second-order valence-corrected chi connectivity index (χ2v) is 4.33. The zero-order valence-electron chi connectivity index (χ0n) is 9.27. The van der Waals surface area contributed by atoms with E-state index in [1.165, 1.54) is 6.07 Å². The van der Waals surface area contributed by atoms with E-state index in [0.29, 0.717) is 16.2 Å². The standard InChI is InChI=1S/C13H9ClFN3/c14-8-5-6-12-10(7-8)17-13(16)18(12)11-4-2-1-3-9(11)15/h1-7H,(H2,16,17). The molecule has 3 nitrogen and oxygen atoms in total. The molecule has 3 aromatic rings. The van der Waals surface area contributed by atoms with Gasteiger partial charge < -0.3 is 5.73 Å². The van der Waals surface area contributed by atoms with Crippen LogP contribution >= 0.6 is 11.6 Å². The monoisotopic (exact) mass is 261 g/mol. The zero-order chi connectivity index (χ0) is 12.7. The molecule has 0 unspecified atom stereocenters. The number of hydrogen-bond acceptors (Lipinski definition) is 2. The molecule has 0 fully saturated rings. The third kappa shape index (κ3) is 1.62. The number of rotatable bonds is 1. The van der Waals surface area contributed by atoms with Crippen molar-refractivity contribution in [1.29, 1.82) is 0 Å². The highest BCUT2D eigenvalue weighted by Gasteiger charge is 2.12. The van der Waals surface area contributed by atoms with Crippen molar-refractivity contribution in [2.24, 2.45) is 0 Å². The van der Waals surface area contributed by atoms with Crippen LogP contribution < -0.4 is 5.73 Å². The van der Waals surface area contributed by atoms with Gasteiger partial charge in [0.15, 0.2) is 0 Å². The Morgan fingerprint density at radius 2 is 1.94 bits per heavy atom. The number of fused-ring (bicyclic) bond motifs is 1. The first kappa shape index (κ1) is 11.0. The fourth-order valence-electron chi connectivity index (χ4n) is 1.96. The highest BCUT2D eigenvalue weighted by molar-refractivity contribution is 6.31. The van der Waals surface area contributed by atoms with Crippen molar-refractivity contribution < 1.29 is 4.39 Å². The van der Waals surface area contributed by atoms with Gasteiger partial charge in [0, 0.05) is 5.02 Å². The maximum absolute atomic E-state index is 13.8. The van der Waals surface area contributed by atoms with Crippen LogP contribution in [0.25, 0.3) is 16.7 Å². The first-order chi connectivity index (χ1) is 8.66. The molecule has 0 saturated heterocycles. The van der Waals surface area contributed by atoms with Crippen molar-refractivity contribution >= 4 is 28.6 Å². The third-order valence-electron chi connectivity index (χ3n) is 2.74. The van der Waals surface area contributed by atoms with Crippen molar-refractivity contribution in [3.05, 3.63) is 53.3 Å². The van der Waals surface area contributed by atoms with Crippen molar-refractivity contribution in [3.63, 3.8) is 0 Å². The van der Waals surface area contributed by atoms with Crippen LogP contribution in [0.2, 0.25) is 5.02 Å². The van der Waals surface area contributed by atoms with Gasteiger partial charge in [-0.15, -0.1) is 0 Å². The Morgan fingerprint density at radius 1 is 1.17 bits per heavy atom. The summed E-state index contributed by atoms with van der Waals surface area (Å²) in [6.45, 7) is 0. The molecule has 0 spiro atoms.